The SMILES string of the molecule is COc1ccc2nccc([C@H](O)CN3CC[C@]4(OC(=O)N(c5ccc6c(c5)OCCO6)C4C4CN(C[C@H](O)c5ccnc6ccc(OC)cc56)CC(CCO)C45CN(c4ccc6c(c4)OCCO6)C(=O)O5)[C@H](CCO)C3)c2c1. The zero-order valence-electron chi connectivity index (χ0n) is 43.6. The van der Waals surface area contributed by atoms with Gasteiger partial charge in [0.15, 0.2) is 23.0 Å². The van der Waals surface area contributed by atoms with E-state index in [0.29, 0.717) is 114 Å². The number of likely N-dealkylation sites (tertiary alicyclic amines) is 2. The Morgan fingerprint density at radius 1 is 0.615 bits per heavy atom. The van der Waals surface area contributed by atoms with E-state index in [9.17, 15) is 25.2 Å². The van der Waals surface area contributed by atoms with E-state index in [1.807, 2.05) is 42.5 Å². The molecule has 8 heterocycles. The predicted octanol–water partition coefficient (Wildman–Crippen LogP) is 5.90. The van der Waals surface area contributed by atoms with E-state index in [1.165, 1.54) is 0 Å². The topological polar surface area (TPSA) is 228 Å². The van der Waals surface area contributed by atoms with Gasteiger partial charge in [-0.1, -0.05) is 0 Å². The molecule has 20 heteroatoms. The lowest BCUT2D eigenvalue weighted by Crippen LogP contribution is -2.71. The molecule has 0 radical (unpaired) electrons. The zero-order valence-corrected chi connectivity index (χ0v) is 43.6. The van der Waals surface area contributed by atoms with E-state index in [0.717, 1.165) is 10.8 Å². The lowest BCUT2D eigenvalue weighted by Gasteiger charge is -2.56. The minimum Gasteiger partial charge on any atom is -0.497 e. The number of amides is 2. The smallest absolute Gasteiger partial charge is 0.415 e. The van der Waals surface area contributed by atoms with Crippen molar-refractivity contribution in [3.05, 3.63) is 108 Å². The number of ether oxygens (including phenoxy) is 8. The summed E-state index contributed by atoms with van der Waals surface area (Å²) in [5.74, 6) is 1.36. The molecule has 2 aromatic heterocycles. The van der Waals surface area contributed by atoms with Crippen molar-refractivity contribution >= 4 is 45.4 Å². The van der Waals surface area contributed by atoms with E-state index in [4.69, 9.17) is 37.9 Å². The maximum Gasteiger partial charge on any atom is 0.415 e. The molecule has 0 aliphatic carbocycles. The number of benzene rings is 4. The maximum atomic E-state index is 15.4. The van der Waals surface area contributed by atoms with Crippen LogP contribution in [0.25, 0.3) is 21.8 Å². The molecule has 20 nitrogen and oxygen atoms in total. The highest BCUT2D eigenvalue weighted by atomic mass is 16.6. The monoisotopic (exact) mass is 1070 g/mol. The number of pyridine rings is 2. The van der Waals surface area contributed by atoms with Crippen molar-refractivity contribution in [2.75, 3.05) is 109 Å². The number of rotatable bonds is 15. The van der Waals surface area contributed by atoms with Gasteiger partial charge >= 0.3 is 12.2 Å². The van der Waals surface area contributed by atoms with Crippen molar-refractivity contribution < 1.29 is 67.9 Å². The maximum absolute atomic E-state index is 15.4. The molecule has 8 atom stereocenters. The predicted molar refractivity (Wildman–Crippen MR) is 285 cm³/mol. The molecule has 4 fully saturated rings. The van der Waals surface area contributed by atoms with E-state index < -0.39 is 59.4 Å². The summed E-state index contributed by atoms with van der Waals surface area (Å²) >= 11 is 0. The Labute approximate surface area is 450 Å². The van der Waals surface area contributed by atoms with E-state index in [-0.39, 0.29) is 58.7 Å². The van der Waals surface area contributed by atoms with E-state index in [1.54, 1.807) is 78.9 Å². The Morgan fingerprint density at radius 2 is 1.14 bits per heavy atom. The van der Waals surface area contributed by atoms with Gasteiger partial charge in [0, 0.05) is 112 Å². The number of carbonyl (C=O) groups is 2. The van der Waals surface area contributed by atoms with Crippen LogP contribution in [0.15, 0.2) is 97.3 Å². The van der Waals surface area contributed by atoms with Crippen LogP contribution in [-0.2, 0) is 9.47 Å². The molecule has 4 N–H and O–H groups in total. The highest BCUT2D eigenvalue weighted by Gasteiger charge is 2.70. The van der Waals surface area contributed by atoms with E-state index in [2.05, 4.69) is 19.8 Å². The van der Waals surface area contributed by atoms with Gasteiger partial charge in [-0.05, 0) is 96.8 Å². The number of aromatic nitrogens is 2. The minimum atomic E-state index is -1.40. The van der Waals surface area contributed by atoms with E-state index >= 15 is 4.79 Å². The number of fused-ring (bicyclic) bond motifs is 4. The molecule has 6 aliphatic rings. The molecule has 78 heavy (non-hydrogen) atoms. The van der Waals surface area contributed by atoms with Crippen LogP contribution in [-0.4, -0.2) is 169 Å². The van der Waals surface area contributed by atoms with Crippen molar-refractivity contribution in [2.24, 2.45) is 17.8 Å². The average Bonchev–Trinajstić information content (AvgIpc) is 4.20. The summed E-state index contributed by atoms with van der Waals surface area (Å²) in [7, 11) is 3.18. The van der Waals surface area contributed by atoms with Crippen molar-refractivity contribution in [1.29, 1.82) is 0 Å². The second-order valence-electron chi connectivity index (χ2n) is 21.1. The van der Waals surface area contributed by atoms with Crippen LogP contribution >= 0.6 is 0 Å². The first kappa shape index (κ1) is 51.6. The number of nitrogens with zero attached hydrogens (tertiary/aromatic N) is 6. The first-order valence-electron chi connectivity index (χ1n) is 26.7. The molecule has 6 aliphatic heterocycles. The molecule has 4 unspecified atom stereocenters. The molecule has 2 spiro atoms. The number of methoxy groups -OCH3 is 2. The highest BCUT2D eigenvalue weighted by molar-refractivity contribution is 5.94. The quantitative estimate of drug-likeness (QED) is 0.0938. The second kappa shape index (κ2) is 21.2. The number of hydrogen-bond acceptors (Lipinski definition) is 18. The first-order valence-corrected chi connectivity index (χ1v) is 26.7. The molecule has 0 bridgehead atoms. The van der Waals surface area contributed by atoms with Gasteiger partial charge in [0.1, 0.15) is 49.1 Å². The van der Waals surface area contributed by atoms with Gasteiger partial charge in [0.25, 0.3) is 0 Å². The molecular weight excluding hydrogens is 1000 g/mol. The first-order chi connectivity index (χ1) is 38.0. The molecular formula is C58H64N6O14. The summed E-state index contributed by atoms with van der Waals surface area (Å²) in [6.45, 7) is 2.40. The van der Waals surface area contributed by atoms with Crippen molar-refractivity contribution in [3.63, 3.8) is 0 Å². The third-order valence-corrected chi connectivity index (χ3v) is 16.9. The summed E-state index contributed by atoms with van der Waals surface area (Å²) in [5, 5.41) is 48.1. The van der Waals surface area contributed by atoms with Crippen molar-refractivity contribution in [3.8, 4) is 34.5 Å². The molecule has 4 aromatic carbocycles. The van der Waals surface area contributed by atoms with Gasteiger partial charge in [0.2, 0.25) is 0 Å². The number of β-amino-alcohol motifs (C(OH)–C–C–N with tert-alkyl or cyclic N) is 2. The van der Waals surface area contributed by atoms with Crippen LogP contribution in [0.5, 0.6) is 34.5 Å². The van der Waals surface area contributed by atoms with Gasteiger partial charge < -0.3 is 58.3 Å². The lowest BCUT2D eigenvalue weighted by molar-refractivity contribution is -0.147. The summed E-state index contributed by atoms with van der Waals surface area (Å²) in [5.41, 5.74) is 0.938. The molecule has 12 rings (SSSR count). The van der Waals surface area contributed by atoms with Crippen molar-refractivity contribution in [2.45, 2.75) is 48.7 Å². The summed E-state index contributed by atoms with van der Waals surface area (Å²) in [6.07, 6.45) is 0.755. The van der Waals surface area contributed by atoms with Crippen molar-refractivity contribution in [1.82, 2.24) is 19.8 Å². The third kappa shape index (κ3) is 9.16. The van der Waals surface area contributed by atoms with Crippen LogP contribution < -0.4 is 38.2 Å². The number of aliphatic hydroxyl groups is 4. The molecule has 410 valence electrons. The van der Waals surface area contributed by atoms with Gasteiger partial charge in [-0.15, -0.1) is 0 Å². The number of hydrogen-bond donors (Lipinski definition) is 4. The summed E-state index contributed by atoms with van der Waals surface area (Å²) in [6, 6.07) is 24.4. The molecule has 6 aromatic rings. The fraction of sp³-hybridized carbons (Fsp3) is 0.448. The van der Waals surface area contributed by atoms with Gasteiger partial charge in [-0.2, -0.15) is 0 Å². The van der Waals surface area contributed by atoms with Crippen LogP contribution in [0.1, 0.15) is 42.6 Å². The van der Waals surface area contributed by atoms with Crippen LogP contribution in [0, 0.1) is 17.8 Å². The molecule has 2 amide bonds. The number of carbonyl (C=O) groups excluding carboxylic acids is 2. The summed E-state index contributed by atoms with van der Waals surface area (Å²) < 4.78 is 49.0. The number of anilines is 2. The fourth-order valence-corrected chi connectivity index (χ4v) is 13.3. The van der Waals surface area contributed by atoms with Crippen LogP contribution in [0.2, 0.25) is 0 Å². The Kier molecular flexibility index (Phi) is 14.0. The number of piperidine rings is 2. The fourth-order valence-electron chi connectivity index (χ4n) is 13.3. The Bertz CT molecular complexity index is 3220. The number of aliphatic hydroxyl groups excluding tert-OH is 4. The Hall–Kier alpha value is -7.20. The molecule has 4 saturated heterocycles. The standard InChI is InChI=1S/C58H64N6O14/c1-71-39-5-7-46-43(27-39)41(11-16-59-46)48(67)32-61-18-15-57(35(29-61)13-19-65)54(64(56(70)78-57)38-4-10-51-53(26-38)76-24-22-74-51)45-31-62(33-49(68)42-12-17-60-47-8-6-40(72-2)28-44(42)47)30-36(14-20-66)58(45)34-63(55(69)77-58)37-3-9-50-52(25-37)75-23-21-73-50/h3-12,16-17,25-28,35-36,45,48-49,54,65-68H,13-15,18-24,29-34H2,1-2H3/t35-,36?,45?,48-,49+,54?,57+,58?/m1/s1. The largest absolute Gasteiger partial charge is 0.497 e. The van der Waals surface area contributed by atoms with Gasteiger partial charge in [-0.25, -0.2) is 9.59 Å². The van der Waals surface area contributed by atoms with Crippen LogP contribution in [0.3, 0.4) is 0 Å². The van der Waals surface area contributed by atoms with Crippen LogP contribution in [0.4, 0.5) is 21.0 Å². The molecule has 0 saturated carbocycles. The minimum absolute atomic E-state index is 0.0232. The van der Waals surface area contributed by atoms with Gasteiger partial charge in [-0.3, -0.25) is 29.6 Å². The highest BCUT2D eigenvalue weighted by Crippen LogP contribution is 2.56. The second-order valence-corrected chi connectivity index (χ2v) is 21.1. The third-order valence-electron chi connectivity index (χ3n) is 16.9. The van der Waals surface area contributed by atoms with Gasteiger partial charge in [0.05, 0.1) is 61.4 Å². The lowest BCUT2D eigenvalue weighted by atomic mass is 9.61. The average molecular weight is 1070 g/mol. The Morgan fingerprint density at radius 3 is 1.73 bits per heavy atom. The normalized spacial score (nSPS) is 25.9. The Balaban J connectivity index is 0.976. The summed E-state index contributed by atoms with van der Waals surface area (Å²) in [4.78, 5) is 46.9. The zero-order chi connectivity index (χ0) is 53.7.